The number of hydrogen-bond acceptors (Lipinski definition) is 3. The molecule has 0 aliphatic carbocycles. The third kappa shape index (κ3) is 2.15. The standard InChI is InChI=1S/C15H17N3O2/c1-18-13-7-3-2-5-10(13)12(9-14(18)19)17-11-6-4-8-16-15(11)20/h2-3,5,7,9,11,17H,4,6,8H2,1H3,(H,16,20). The van der Waals surface area contributed by atoms with Crippen molar-refractivity contribution in [3.05, 3.63) is 40.7 Å². The summed E-state index contributed by atoms with van der Waals surface area (Å²) in [4.78, 5) is 23.8. The van der Waals surface area contributed by atoms with E-state index < -0.39 is 0 Å². The van der Waals surface area contributed by atoms with Crippen LogP contribution in [-0.4, -0.2) is 23.1 Å². The highest BCUT2D eigenvalue weighted by atomic mass is 16.2. The summed E-state index contributed by atoms with van der Waals surface area (Å²) in [6.07, 6.45) is 1.74. The maximum Gasteiger partial charge on any atom is 0.252 e. The number of piperidine rings is 1. The van der Waals surface area contributed by atoms with Gasteiger partial charge >= 0.3 is 0 Å². The van der Waals surface area contributed by atoms with E-state index in [9.17, 15) is 9.59 Å². The zero-order chi connectivity index (χ0) is 14.1. The Kier molecular flexibility index (Phi) is 3.18. The molecule has 1 atom stereocenters. The van der Waals surface area contributed by atoms with Crippen molar-refractivity contribution in [2.45, 2.75) is 18.9 Å². The van der Waals surface area contributed by atoms with Crippen LogP contribution in [0.1, 0.15) is 12.8 Å². The van der Waals surface area contributed by atoms with Gasteiger partial charge in [0.1, 0.15) is 6.04 Å². The van der Waals surface area contributed by atoms with Crippen LogP contribution in [0.25, 0.3) is 10.9 Å². The van der Waals surface area contributed by atoms with Gasteiger partial charge in [0.15, 0.2) is 0 Å². The second kappa shape index (κ2) is 5.00. The first-order valence-electron chi connectivity index (χ1n) is 6.80. The number of amides is 1. The lowest BCUT2D eigenvalue weighted by Gasteiger charge is -2.24. The van der Waals surface area contributed by atoms with Gasteiger partial charge in [-0.15, -0.1) is 0 Å². The summed E-state index contributed by atoms with van der Waals surface area (Å²) < 4.78 is 1.61. The summed E-state index contributed by atoms with van der Waals surface area (Å²) in [6, 6.07) is 8.99. The average molecular weight is 271 g/mol. The maximum absolute atomic E-state index is 12.0. The monoisotopic (exact) mass is 271 g/mol. The molecule has 1 saturated heterocycles. The molecular weight excluding hydrogens is 254 g/mol. The lowest BCUT2D eigenvalue weighted by Crippen LogP contribution is -2.44. The van der Waals surface area contributed by atoms with E-state index in [4.69, 9.17) is 0 Å². The fourth-order valence-electron chi connectivity index (χ4n) is 2.63. The SMILES string of the molecule is Cn1c(=O)cc(NC2CCCNC2=O)c2ccccc21. The number of carbonyl (C=O) groups excluding carboxylic acids is 1. The molecule has 1 aromatic heterocycles. The molecule has 104 valence electrons. The van der Waals surface area contributed by atoms with Crippen LogP contribution in [0.5, 0.6) is 0 Å². The topological polar surface area (TPSA) is 63.1 Å². The molecule has 0 spiro atoms. The van der Waals surface area contributed by atoms with Crippen molar-refractivity contribution in [1.82, 2.24) is 9.88 Å². The van der Waals surface area contributed by atoms with Crippen molar-refractivity contribution in [2.24, 2.45) is 7.05 Å². The molecule has 1 aliphatic heterocycles. The van der Waals surface area contributed by atoms with E-state index in [-0.39, 0.29) is 17.5 Å². The summed E-state index contributed by atoms with van der Waals surface area (Å²) in [5.74, 6) is 0.000933. The molecule has 0 bridgehead atoms. The van der Waals surface area contributed by atoms with Gasteiger partial charge < -0.3 is 15.2 Å². The molecule has 1 aliphatic rings. The highest BCUT2D eigenvalue weighted by Crippen LogP contribution is 2.22. The number of rotatable bonds is 2. The number of aryl methyl sites for hydroxylation is 1. The van der Waals surface area contributed by atoms with Crippen LogP contribution in [0, 0.1) is 0 Å². The third-order valence-corrected chi connectivity index (χ3v) is 3.77. The number of fused-ring (bicyclic) bond motifs is 1. The molecule has 2 N–H and O–H groups in total. The Hall–Kier alpha value is -2.30. The number of nitrogens with one attached hydrogen (secondary N) is 2. The van der Waals surface area contributed by atoms with Gasteiger partial charge in [-0.2, -0.15) is 0 Å². The van der Waals surface area contributed by atoms with E-state index in [1.165, 1.54) is 0 Å². The predicted octanol–water partition coefficient (Wildman–Crippen LogP) is 1.23. The van der Waals surface area contributed by atoms with Crippen molar-refractivity contribution >= 4 is 22.5 Å². The molecule has 20 heavy (non-hydrogen) atoms. The molecule has 2 aromatic rings. The number of nitrogens with zero attached hydrogens (tertiary/aromatic N) is 1. The number of para-hydroxylation sites is 1. The number of hydrogen-bond donors (Lipinski definition) is 2. The van der Waals surface area contributed by atoms with Gasteiger partial charge in [0, 0.05) is 30.7 Å². The van der Waals surface area contributed by atoms with Crippen LogP contribution < -0.4 is 16.2 Å². The first kappa shape index (κ1) is 12.7. The zero-order valence-corrected chi connectivity index (χ0v) is 11.3. The molecule has 0 saturated carbocycles. The van der Waals surface area contributed by atoms with Crippen LogP contribution in [0.4, 0.5) is 5.69 Å². The van der Waals surface area contributed by atoms with Gasteiger partial charge in [-0.25, -0.2) is 0 Å². The second-order valence-corrected chi connectivity index (χ2v) is 5.10. The minimum absolute atomic E-state index is 0.000933. The Labute approximate surface area is 116 Å². The fourth-order valence-corrected chi connectivity index (χ4v) is 2.63. The van der Waals surface area contributed by atoms with Gasteiger partial charge in [-0.05, 0) is 18.9 Å². The Morgan fingerprint density at radius 2 is 2.10 bits per heavy atom. The molecule has 2 heterocycles. The Balaban J connectivity index is 2.05. The summed E-state index contributed by atoms with van der Waals surface area (Å²) in [6.45, 7) is 0.730. The lowest BCUT2D eigenvalue weighted by atomic mass is 10.1. The molecule has 3 rings (SSSR count). The smallest absolute Gasteiger partial charge is 0.252 e. The summed E-state index contributed by atoms with van der Waals surface area (Å²) in [7, 11) is 1.75. The quantitative estimate of drug-likeness (QED) is 0.863. The van der Waals surface area contributed by atoms with Crippen LogP contribution >= 0.6 is 0 Å². The minimum atomic E-state index is -0.265. The van der Waals surface area contributed by atoms with E-state index in [1.807, 2.05) is 24.3 Å². The zero-order valence-electron chi connectivity index (χ0n) is 11.3. The highest BCUT2D eigenvalue weighted by molar-refractivity contribution is 5.94. The number of carbonyl (C=O) groups is 1. The number of pyridine rings is 1. The predicted molar refractivity (Wildman–Crippen MR) is 78.8 cm³/mol. The summed E-state index contributed by atoms with van der Waals surface area (Å²) >= 11 is 0. The number of anilines is 1. The summed E-state index contributed by atoms with van der Waals surface area (Å²) in [5, 5.41) is 7.01. The maximum atomic E-state index is 12.0. The molecule has 1 unspecified atom stereocenters. The molecule has 1 fully saturated rings. The first-order valence-corrected chi connectivity index (χ1v) is 6.80. The molecule has 1 aromatic carbocycles. The Bertz CT molecular complexity index is 721. The average Bonchev–Trinajstić information content (AvgIpc) is 2.47. The third-order valence-electron chi connectivity index (χ3n) is 3.77. The molecule has 5 nitrogen and oxygen atoms in total. The highest BCUT2D eigenvalue weighted by Gasteiger charge is 2.22. The van der Waals surface area contributed by atoms with E-state index >= 15 is 0 Å². The van der Waals surface area contributed by atoms with Crippen LogP contribution in [0.15, 0.2) is 35.1 Å². The summed E-state index contributed by atoms with van der Waals surface area (Å²) in [5.41, 5.74) is 1.51. The van der Waals surface area contributed by atoms with Gasteiger partial charge in [-0.3, -0.25) is 9.59 Å². The van der Waals surface area contributed by atoms with E-state index in [0.717, 1.165) is 36.0 Å². The van der Waals surface area contributed by atoms with Crippen molar-refractivity contribution in [2.75, 3.05) is 11.9 Å². The van der Waals surface area contributed by atoms with Crippen molar-refractivity contribution in [3.8, 4) is 0 Å². The number of aromatic nitrogens is 1. The van der Waals surface area contributed by atoms with Crippen LogP contribution in [-0.2, 0) is 11.8 Å². The second-order valence-electron chi connectivity index (χ2n) is 5.10. The normalized spacial score (nSPS) is 18.9. The molecule has 0 radical (unpaired) electrons. The Morgan fingerprint density at radius 1 is 1.30 bits per heavy atom. The first-order chi connectivity index (χ1) is 9.66. The van der Waals surface area contributed by atoms with Crippen molar-refractivity contribution < 1.29 is 4.79 Å². The van der Waals surface area contributed by atoms with Gasteiger partial charge in [-0.1, -0.05) is 18.2 Å². The van der Waals surface area contributed by atoms with Gasteiger partial charge in [0.2, 0.25) is 5.91 Å². The van der Waals surface area contributed by atoms with Crippen LogP contribution in [0.3, 0.4) is 0 Å². The van der Waals surface area contributed by atoms with Gasteiger partial charge in [0.25, 0.3) is 5.56 Å². The Morgan fingerprint density at radius 3 is 2.90 bits per heavy atom. The van der Waals surface area contributed by atoms with E-state index in [2.05, 4.69) is 10.6 Å². The van der Waals surface area contributed by atoms with E-state index in [0.29, 0.717) is 0 Å². The molecule has 5 heteroatoms. The molecular formula is C15H17N3O2. The van der Waals surface area contributed by atoms with E-state index in [1.54, 1.807) is 17.7 Å². The van der Waals surface area contributed by atoms with Crippen molar-refractivity contribution in [3.63, 3.8) is 0 Å². The number of benzene rings is 1. The van der Waals surface area contributed by atoms with Gasteiger partial charge in [0.05, 0.1) is 5.52 Å². The molecule has 1 amide bonds. The van der Waals surface area contributed by atoms with Crippen LogP contribution in [0.2, 0.25) is 0 Å². The lowest BCUT2D eigenvalue weighted by molar-refractivity contribution is -0.123. The fraction of sp³-hybridized carbons (Fsp3) is 0.333. The largest absolute Gasteiger partial charge is 0.373 e. The van der Waals surface area contributed by atoms with Crippen molar-refractivity contribution in [1.29, 1.82) is 0 Å². The minimum Gasteiger partial charge on any atom is -0.373 e.